The Morgan fingerprint density at radius 2 is 2.04 bits per heavy atom. The minimum absolute atomic E-state index is 0.317. The molecule has 24 heavy (non-hydrogen) atoms. The van der Waals surface area contributed by atoms with E-state index in [2.05, 4.69) is 40.7 Å². The average molecular weight is 338 g/mol. The predicted molar refractivity (Wildman–Crippen MR) is 87.3 cm³/mol. The first-order valence-corrected chi connectivity index (χ1v) is 7.76. The minimum atomic E-state index is -0.334. The van der Waals surface area contributed by atoms with Gasteiger partial charge in [0.1, 0.15) is 16.4 Å². The number of rotatable bonds is 4. The fourth-order valence-electron chi connectivity index (χ4n) is 2.04. The molecular formula is C14H10N8OS. The summed E-state index contributed by atoms with van der Waals surface area (Å²) in [5, 5.41) is 18.5. The van der Waals surface area contributed by atoms with E-state index in [1.165, 1.54) is 17.5 Å². The summed E-state index contributed by atoms with van der Waals surface area (Å²) in [6, 6.07) is 1.71. The van der Waals surface area contributed by atoms with Gasteiger partial charge in [-0.1, -0.05) is 0 Å². The first-order chi connectivity index (χ1) is 11.8. The van der Waals surface area contributed by atoms with Crippen LogP contribution in [0, 0.1) is 0 Å². The van der Waals surface area contributed by atoms with Crippen LogP contribution in [0.1, 0.15) is 10.5 Å². The number of thiazole rings is 1. The number of hydrogen-bond acceptors (Lipinski definition) is 7. The summed E-state index contributed by atoms with van der Waals surface area (Å²) in [6.07, 6.45) is 8.12. The first-order valence-electron chi connectivity index (χ1n) is 6.88. The maximum absolute atomic E-state index is 12.4. The number of hydrogen-bond donors (Lipinski definition) is 3. The van der Waals surface area contributed by atoms with E-state index in [4.69, 9.17) is 0 Å². The number of aromatic amines is 2. The van der Waals surface area contributed by atoms with Crippen molar-refractivity contribution in [1.82, 2.24) is 35.3 Å². The Labute approximate surface area is 139 Å². The highest BCUT2D eigenvalue weighted by atomic mass is 32.1. The largest absolute Gasteiger partial charge is 0.317 e. The summed E-state index contributed by atoms with van der Waals surface area (Å²) < 4.78 is 0. The summed E-state index contributed by atoms with van der Waals surface area (Å²) in [7, 11) is 0. The number of nitrogens with zero attached hydrogens (tertiary/aromatic N) is 5. The van der Waals surface area contributed by atoms with Gasteiger partial charge in [0, 0.05) is 29.5 Å². The zero-order chi connectivity index (χ0) is 16.4. The zero-order valence-electron chi connectivity index (χ0n) is 12.1. The standard InChI is InChI=1S/C14H10N8OS/c23-13(10-7-24-14(21-10)8-4-17-18-5-8)20-9-6-19-22-11(9)12-15-2-1-3-16-12/h1-7H,(H,17,18)(H,19,22)(H,20,23). The van der Waals surface area contributed by atoms with Crippen molar-refractivity contribution in [2.75, 3.05) is 5.32 Å². The maximum Gasteiger partial charge on any atom is 0.275 e. The molecule has 0 atom stereocenters. The molecule has 0 saturated heterocycles. The fraction of sp³-hybridized carbons (Fsp3) is 0. The van der Waals surface area contributed by atoms with Gasteiger partial charge in [0.25, 0.3) is 5.91 Å². The zero-order valence-corrected chi connectivity index (χ0v) is 12.9. The molecule has 0 radical (unpaired) electrons. The van der Waals surface area contributed by atoms with Crippen molar-refractivity contribution in [1.29, 1.82) is 0 Å². The number of carbonyl (C=O) groups excluding carboxylic acids is 1. The van der Waals surface area contributed by atoms with Crippen LogP contribution < -0.4 is 5.32 Å². The summed E-state index contributed by atoms with van der Waals surface area (Å²) in [4.78, 5) is 25.0. The molecule has 9 nitrogen and oxygen atoms in total. The van der Waals surface area contributed by atoms with Gasteiger partial charge in [-0.25, -0.2) is 15.0 Å². The smallest absolute Gasteiger partial charge is 0.275 e. The first kappa shape index (κ1) is 14.2. The molecule has 0 spiro atoms. The Bertz CT molecular complexity index is 960. The lowest BCUT2D eigenvalue weighted by Gasteiger charge is -2.03. The molecule has 4 aromatic heterocycles. The van der Waals surface area contributed by atoms with Crippen LogP contribution in [0.25, 0.3) is 22.1 Å². The highest BCUT2D eigenvalue weighted by molar-refractivity contribution is 7.13. The third-order valence-electron chi connectivity index (χ3n) is 3.16. The lowest BCUT2D eigenvalue weighted by atomic mass is 10.3. The summed E-state index contributed by atoms with van der Waals surface area (Å²) in [6.45, 7) is 0. The fourth-order valence-corrected chi connectivity index (χ4v) is 2.83. The number of aromatic nitrogens is 7. The molecule has 4 aromatic rings. The Morgan fingerprint density at radius 1 is 1.17 bits per heavy atom. The average Bonchev–Trinajstić information content (AvgIpc) is 3.36. The highest BCUT2D eigenvalue weighted by Gasteiger charge is 2.16. The van der Waals surface area contributed by atoms with Crippen LogP contribution in [-0.4, -0.2) is 41.3 Å². The monoisotopic (exact) mass is 338 g/mol. The van der Waals surface area contributed by atoms with Crippen LogP contribution >= 0.6 is 11.3 Å². The van der Waals surface area contributed by atoms with Gasteiger partial charge in [-0.05, 0) is 6.07 Å². The van der Waals surface area contributed by atoms with Gasteiger partial charge in [-0.15, -0.1) is 11.3 Å². The van der Waals surface area contributed by atoms with Gasteiger partial charge in [0.05, 0.1) is 18.1 Å². The third-order valence-corrected chi connectivity index (χ3v) is 4.05. The summed E-state index contributed by atoms with van der Waals surface area (Å²) in [5.41, 5.74) is 2.18. The SMILES string of the molecule is O=C(Nc1cn[nH]c1-c1ncccn1)c1csc(-c2cn[nH]c2)n1. The Kier molecular flexibility index (Phi) is 3.56. The van der Waals surface area contributed by atoms with Crippen LogP contribution in [0.2, 0.25) is 0 Å². The molecule has 10 heteroatoms. The highest BCUT2D eigenvalue weighted by Crippen LogP contribution is 2.25. The van der Waals surface area contributed by atoms with Crippen molar-refractivity contribution in [2.24, 2.45) is 0 Å². The molecule has 0 bridgehead atoms. The predicted octanol–water partition coefficient (Wildman–Crippen LogP) is 1.97. The van der Waals surface area contributed by atoms with Gasteiger partial charge in [0.15, 0.2) is 5.82 Å². The molecule has 3 N–H and O–H groups in total. The van der Waals surface area contributed by atoms with Crippen LogP contribution in [0.3, 0.4) is 0 Å². The second-order valence-corrected chi connectivity index (χ2v) is 5.57. The number of amides is 1. The molecule has 118 valence electrons. The molecule has 0 aromatic carbocycles. The van der Waals surface area contributed by atoms with E-state index in [9.17, 15) is 4.79 Å². The summed E-state index contributed by atoms with van der Waals surface area (Å²) >= 11 is 1.37. The lowest BCUT2D eigenvalue weighted by molar-refractivity contribution is 0.102. The van der Waals surface area contributed by atoms with Crippen LogP contribution in [-0.2, 0) is 0 Å². The van der Waals surface area contributed by atoms with Gasteiger partial charge in [-0.2, -0.15) is 10.2 Å². The summed E-state index contributed by atoms with van der Waals surface area (Å²) in [5.74, 6) is 0.113. The van der Waals surface area contributed by atoms with Gasteiger partial charge >= 0.3 is 0 Å². The van der Waals surface area contributed by atoms with Crippen molar-refractivity contribution in [3.63, 3.8) is 0 Å². The van der Waals surface area contributed by atoms with E-state index in [-0.39, 0.29) is 5.91 Å². The molecule has 0 saturated carbocycles. The van der Waals surface area contributed by atoms with E-state index in [1.807, 2.05) is 0 Å². The molecule has 0 aliphatic heterocycles. The molecule has 0 unspecified atom stereocenters. The quantitative estimate of drug-likeness (QED) is 0.522. The number of carbonyl (C=O) groups is 1. The molecule has 4 heterocycles. The van der Waals surface area contributed by atoms with E-state index in [0.29, 0.717) is 27.9 Å². The Hall–Kier alpha value is -3.40. The van der Waals surface area contributed by atoms with E-state index in [1.54, 1.807) is 36.2 Å². The van der Waals surface area contributed by atoms with Crippen LogP contribution in [0.4, 0.5) is 5.69 Å². The van der Waals surface area contributed by atoms with Crippen molar-refractivity contribution in [2.45, 2.75) is 0 Å². The minimum Gasteiger partial charge on any atom is -0.317 e. The van der Waals surface area contributed by atoms with Crippen molar-refractivity contribution in [3.8, 4) is 22.1 Å². The van der Waals surface area contributed by atoms with Crippen LogP contribution in [0.5, 0.6) is 0 Å². The molecule has 0 fully saturated rings. The molecule has 4 rings (SSSR count). The number of nitrogens with one attached hydrogen (secondary N) is 3. The second kappa shape index (κ2) is 6.01. The van der Waals surface area contributed by atoms with Gasteiger partial charge < -0.3 is 5.32 Å². The van der Waals surface area contributed by atoms with E-state index < -0.39 is 0 Å². The van der Waals surface area contributed by atoms with E-state index >= 15 is 0 Å². The topological polar surface area (TPSA) is 125 Å². The van der Waals surface area contributed by atoms with Crippen LogP contribution in [0.15, 0.2) is 42.4 Å². The Morgan fingerprint density at radius 3 is 2.83 bits per heavy atom. The van der Waals surface area contributed by atoms with Crippen molar-refractivity contribution in [3.05, 3.63) is 48.1 Å². The van der Waals surface area contributed by atoms with Crippen molar-refractivity contribution >= 4 is 22.9 Å². The van der Waals surface area contributed by atoms with Gasteiger partial charge in [0.2, 0.25) is 0 Å². The number of anilines is 1. The number of H-pyrrole nitrogens is 2. The van der Waals surface area contributed by atoms with Gasteiger partial charge in [-0.3, -0.25) is 15.0 Å². The second-order valence-electron chi connectivity index (χ2n) is 4.71. The molecule has 1 amide bonds. The molecule has 0 aliphatic rings. The lowest BCUT2D eigenvalue weighted by Crippen LogP contribution is -2.12. The normalized spacial score (nSPS) is 10.7. The molecular weight excluding hydrogens is 328 g/mol. The molecule has 0 aliphatic carbocycles. The third kappa shape index (κ3) is 2.65. The van der Waals surface area contributed by atoms with E-state index in [0.717, 1.165) is 5.56 Å². The van der Waals surface area contributed by atoms with Crippen molar-refractivity contribution < 1.29 is 4.79 Å². The Balaban J connectivity index is 1.56. The maximum atomic E-state index is 12.4.